The summed E-state index contributed by atoms with van der Waals surface area (Å²) >= 11 is 3.94. The molecule has 0 radical (unpaired) electrons. The molecule has 1 atom stereocenters. The van der Waals surface area contributed by atoms with Crippen LogP contribution in [0.25, 0.3) is 21.9 Å². The van der Waals surface area contributed by atoms with Crippen molar-refractivity contribution in [1.29, 1.82) is 0 Å². The molecule has 1 heterocycles. The molecule has 2 heteroatoms. The number of hydrogen-bond acceptors (Lipinski definition) is 2. The van der Waals surface area contributed by atoms with Crippen molar-refractivity contribution in [2.24, 2.45) is 0 Å². The molecule has 130 valence electrons. The van der Waals surface area contributed by atoms with Crippen LogP contribution in [0.4, 0.5) is 0 Å². The molecule has 27 heavy (non-hydrogen) atoms. The highest BCUT2D eigenvalue weighted by atomic mass is 32.2. The van der Waals surface area contributed by atoms with Gasteiger partial charge in [0.15, 0.2) is 0 Å². The van der Waals surface area contributed by atoms with Gasteiger partial charge < -0.3 is 0 Å². The molecule has 1 aliphatic carbocycles. The molecule has 6 rings (SSSR count). The molecule has 1 aliphatic heterocycles. The molecule has 0 fully saturated rings. The van der Waals surface area contributed by atoms with Gasteiger partial charge in [-0.2, -0.15) is 0 Å². The van der Waals surface area contributed by atoms with Gasteiger partial charge in [-0.1, -0.05) is 78.9 Å². The molecule has 0 N–H and O–H groups in total. The van der Waals surface area contributed by atoms with E-state index in [1.807, 2.05) is 29.6 Å². The Balaban J connectivity index is 1.84. The lowest BCUT2D eigenvalue weighted by atomic mass is 9.87. The zero-order valence-electron chi connectivity index (χ0n) is 15.7. The highest BCUT2D eigenvalue weighted by Gasteiger charge is 2.35. The molecule has 4 aromatic carbocycles. The molecule has 0 spiro atoms. The van der Waals surface area contributed by atoms with Crippen LogP contribution < -0.4 is 0 Å². The summed E-state index contributed by atoms with van der Waals surface area (Å²) in [5.74, 6) is 1.39. The first-order valence-electron chi connectivity index (χ1n) is 9.80. The van der Waals surface area contributed by atoms with E-state index in [0.717, 1.165) is 28.2 Å². The minimum absolute atomic E-state index is 0.884. The number of thioether (sulfide) groups is 2. The second-order valence-electron chi connectivity index (χ2n) is 6.94. The average Bonchev–Trinajstić information content (AvgIpc) is 3.05. The topological polar surface area (TPSA) is 0 Å². The minimum atomic E-state index is -0.884. The summed E-state index contributed by atoms with van der Waals surface area (Å²) < 4.78 is 9.87. The normalized spacial score (nSPS) is 20.7. The number of hydrogen-bond donors (Lipinski definition) is 0. The van der Waals surface area contributed by atoms with Crippen LogP contribution in [0, 0.1) is 0 Å². The summed E-state index contributed by atoms with van der Waals surface area (Å²) in [5.41, 5.74) is 5.82. The molecule has 2 aliphatic rings. The third-order valence-electron chi connectivity index (χ3n) is 5.48. The fourth-order valence-corrected chi connectivity index (χ4v) is 7.02. The van der Waals surface area contributed by atoms with Crippen molar-refractivity contribution in [3.8, 4) is 11.1 Å². The molecular formula is C25H18S2. The van der Waals surface area contributed by atoms with Crippen LogP contribution in [0.15, 0.2) is 88.7 Å². The first kappa shape index (κ1) is 14.8. The molecule has 0 aromatic heterocycles. The molecule has 0 amide bonds. The molecular weight excluding hydrogens is 364 g/mol. The molecule has 0 saturated carbocycles. The standard InChI is InChI=1S/C25H18S2/c1-2-8-16(9-3-1)21-17-10-4-5-11-18(17)23-22(21)19-12-6-7-13-20(19)24-25(23)27-15-14-26-24/h1-13,21H,14-15H2/i21D. The Kier molecular flexibility index (Phi) is 3.40. The Hall–Kier alpha value is -2.16. The van der Waals surface area contributed by atoms with Crippen LogP contribution in [0.2, 0.25) is 0 Å². The van der Waals surface area contributed by atoms with E-state index in [-0.39, 0.29) is 0 Å². The van der Waals surface area contributed by atoms with Gasteiger partial charge in [-0.15, -0.1) is 23.5 Å². The first-order chi connectivity index (χ1) is 13.8. The Morgan fingerprint density at radius 2 is 1.37 bits per heavy atom. The van der Waals surface area contributed by atoms with Crippen LogP contribution >= 0.6 is 23.5 Å². The van der Waals surface area contributed by atoms with Crippen molar-refractivity contribution in [3.05, 3.63) is 95.6 Å². The summed E-state index contributed by atoms with van der Waals surface area (Å²) in [7, 11) is 0. The Morgan fingerprint density at radius 1 is 0.704 bits per heavy atom. The van der Waals surface area contributed by atoms with Gasteiger partial charge in [0.25, 0.3) is 0 Å². The second kappa shape index (κ2) is 6.19. The Labute approximate surface area is 169 Å². The maximum absolute atomic E-state index is 9.87. The minimum Gasteiger partial charge on any atom is -0.123 e. The van der Waals surface area contributed by atoms with Gasteiger partial charge in [-0.05, 0) is 33.0 Å². The van der Waals surface area contributed by atoms with Crippen molar-refractivity contribution >= 4 is 34.3 Å². The van der Waals surface area contributed by atoms with Crippen LogP contribution in [0.3, 0.4) is 0 Å². The van der Waals surface area contributed by atoms with Crippen LogP contribution in [-0.4, -0.2) is 11.5 Å². The van der Waals surface area contributed by atoms with E-state index in [1.54, 1.807) is 0 Å². The van der Waals surface area contributed by atoms with E-state index in [1.165, 1.54) is 31.7 Å². The van der Waals surface area contributed by atoms with Gasteiger partial charge in [0, 0.05) is 34.1 Å². The Morgan fingerprint density at radius 3 is 2.22 bits per heavy atom. The quantitative estimate of drug-likeness (QED) is 0.341. The van der Waals surface area contributed by atoms with Crippen molar-refractivity contribution in [2.75, 3.05) is 11.5 Å². The lowest BCUT2D eigenvalue weighted by Crippen LogP contribution is -2.02. The van der Waals surface area contributed by atoms with E-state index in [0.29, 0.717) is 0 Å². The number of benzene rings is 4. The Bertz CT molecular complexity index is 1230. The zero-order valence-corrected chi connectivity index (χ0v) is 16.4. The number of rotatable bonds is 1. The lowest BCUT2D eigenvalue weighted by molar-refractivity contribution is 1.02. The van der Waals surface area contributed by atoms with Gasteiger partial charge in [0.1, 0.15) is 0 Å². The van der Waals surface area contributed by atoms with E-state index in [4.69, 9.17) is 0 Å². The molecule has 4 aromatic rings. The van der Waals surface area contributed by atoms with E-state index < -0.39 is 5.89 Å². The first-order valence-corrected chi connectivity index (χ1v) is 11.3. The van der Waals surface area contributed by atoms with Crippen molar-refractivity contribution in [1.82, 2.24) is 0 Å². The molecule has 0 saturated heterocycles. The van der Waals surface area contributed by atoms with E-state index in [2.05, 4.69) is 72.8 Å². The summed E-state index contributed by atoms with van der Waals surface area (Å²) in [5, 5.41) is 2.52. The largest absolute Gasteiger partial charge is 0.123 e. The van der Waals surface area contributed by atoms with Crippen molar-refractivity contribution in [2.45, 2.75) is 15.7 Å². The molecule has 0 nitrogen and oxygen atoms in total. The second-order valence-corrected chi connectivity index (χ2v) is 9.15. The lowest BCUT2D eigenvalue weighted by Gasteiger charge is -2.23. The van der Waals surface area contributed by atoms with Crippen LogP contribution in [0.5, 0.6) is 0 Å². The van der Waals surface area contributed by atoms with E-state index in [9.17, 15) is 1.37 Å². The van der Waals surface area contributed by atoms with Gasteiger partial charge in [-0.3, -0.25) is 0 Å². The van der Waals surface area contributed by atoms with Gasteiger partial charge in [0.05, 0.1) is 0 Å². The average molecular weight is 384 g/mol. The summed E-state index contributed by atoms with van der Waals surface area (Å²) in [6.07, 6.45) is 0. The summed E-state index contributed by atoms with van der Waals surface area (Å²) in [6, 6.07) is 27.6. The summed E-state index contributed by atoms with van der Waals surface area (Å²) in [6.45, 7) is 0. The highest BCUT2D eigenvalue weighted by Crippen LogP contribution is 2.57. The predicted molar refractivity (Wildman–Crippen MR) is 118 cm³/mol. The zero-order chi connectivity index (χ0) is 18.7. The smallest absolute Gasteiger partial charge is 0.0453 e. The third-order valence-corrected chi connectivity index (χ3v) is 8.09. The fraction of sp³-hybridized carbons (Fsp3) is 0.120. The maximum Gasteiger partial charge on any atom is 0.0453 e. The van der Waals surface area contributed by atoms with Crippen molar-refractivity contribution < 1.29 is 1.37 Å². The monoisotopic (exact) mass is 383 g/mol. The highest BCUT2D eigenvalue weighted by molar-refractivity contribution is 8.05. The van der Waals surface area contributed by atoms with Crippen LogP contribution in [0.1, 0.15) is 24.0 Å². The predicted octanol–water partition coefficient (Wildman–Crippen LogP) is 7.20. The van der Waals surface area contributed by atoms with E-state index >= 15 is 0 Å². The van der Waals surface area contributed by atoms with Gasteiger partial charge in [0.2, 0.25) is 0 Å². The third kappa shape index (κ3) is 2.27. The maximum atomic E-state index is 9.87. The van der Waals surface area contributed by atoms with Crippen LogP contribution in [-0.2, 0) is 0 Å². The molecule has 1 unspecified atom stereocenters. The van der Waals surface area contributed by atoms with Gasteiger partial charge in [-0.25, -0.2) is 0 Å². The van der Waals surface area contributed by atoms with Gasteiger partial charge >= 0.3 is 0 Å². The van der Waals surface area contributed by atoms with Crippen molar-refractivity contribution in [3.63, 3.8) is 0 Å². The SMILES string of the molecule is [2H]C1(c2ccccc2)c2ccccc2-c2c3c(c4ccccc4c21)SCCS3. The number of fused-ring (bicyclic) bond motifs is 8. The summed E-state index contributed by atoms with van der Waals surface area (Å²) in [4.78, 5) is 2.78. The fourth-order valence-electron chi connectivity index (χ4n) is 4.43. The molecule has 0 bridgehead atoms.